The molecule has 1 heterocycles. The maximum Gasteiger partial charge on any atom is 0.144 e. The number of hydrogen-bond acceptors (Lipinski definition) is 3. The minimum absolute atomic E-state index is 0.269. The van der Waals surface area contributed by atoms with Crippen molar-refractivity contribution in [2.24, 2.45) is 0 Å². The standard InChI is InChI=1S/C21H22FN3O/c1-14(2)13-23-20-12-18(16-8-10-17(22)11-9-16)24-25(20)21-15(3)6-5-7-19(21)26-4/h5-12,23H,1,13H2,2-4H3. The highest BCUT2D eigenvalue weighted by Crippen LogP contribution is 2.31. The minimum atomic E-state index is -0.269. The number of methoxy groups -OCH3 is 1. The van der Waals surface area contributed by atoms with E-state index in [0.717, 1.165) is 39.6 Å². The molecular formula is C21H22FN3O. The van der Waals surface area contributed by atoms with Crippen LogP contribution in [0.15, 0.2) is 60.7 Å². The molecule has 0 amide bonds. The number of aryl methyl sites for hydroxylation is 1. The van der Waals surface area contributed by atoms with Gasteiger partial charge in [0.05, 0.1) is 12.8 Å². The Morgan fingerprint density at radius 2 is 1.96 bits per heavy atom. The number of ether oxygens (including phenoxy) is 1. The van der Waals surface area contributed by atoms with Crippen molar-refractivity contribution in [2.75, 3.05) is 19.0 Å². The fraction of sp³-hybridized carbons (Fsp3) is 0.190. The van der Waals surface area contributed by atoms with Crippen LogP contribution >= 0.6 is 0 Å². The van der Waals surface area contributed by atoms with Gasteiger partial charge in [-0.15, -0.1) is 0 Å². The highest BCUT2D eigenvalue weighted by atomic mass is 19.1. The van der Waals surface area contributed by atoms with Crippen molar-refractivity contribution in [1.82, 2.24) is 9.78 Å². The van der Waals surface area contributed by atoms with Gasteiger partial charge in [-0.25, -0.2) is 9.07 Å². The maximum atomic E-state index is 13.2. The Morgan fingerprint density at radius 1 is 1.23 bits per heavy atom. The van der Waals surface area contributed by atoms with Crippen LogP contribution in [0.1, 0.15) is 12.5 Å². The Morgan fingerprint density at radius 3 is 2.62 bits per heavy atom. The number of aromatic nitrogens is 2. The van der Waals surface area contributed by atoms with Gasteiger partial charge in [-0.3, -0.25) is 0 Å². The van der Waals surface area contributed by atoms with E-state index in [1.807, 2.05) is 42.8 Å². The zero-order chi connectivity index (χ0) is 18.7. The van der Waals surface area contributed by atoms with Crippen LogP contribution in [0, 0.1) is 12.7 Å². The summed E-state index contributed by atoms with van der Waals surface area (Å²) < 4.78 is 20.6. The van der Waals surface area contributed by atoms with Gasteiger partial charge in [0.2, 0.25) is 0 Å². The average molecular weight is 351 g/mol. The van der Waals surface area contributed by atoms with Gasteiger partial charge >= 0.3 is 0 Å². The molecule has 0 saturated heterocycles. The van der Waals surface area contributed by atoms with Crippen molar-refractivity contribution in [3.63, 3.8) is 0 Å². The average Bonchev–Trinajstić information content (AvgIpc) is 3.04. The molecule has 3 aromatic rings. The topological polar surface area (TPSA) is 39.1 Å². The monoisotopic (exact) mass is 351 g/mol. The second-order valence-electron chi connectivity index (χ2n) is 6.27. The first-order chi connectivity index (χ1) is 12.5. The molecule has 134 valence electrons. The summed E-state index contributed by atoms with van der Waals surface area (Å²) >= 11 is 0. The number of nitrogens with zero attached hydrogens (tertiary/aromatic N) is 2. The molecule has 0 unspecified atom stereocenters. The molecule has 3 rings (SSSR count). The second kappa shape index (κ2) is 7.44. The van der Waals surface area contributed by atoms with E-state index < -0.39 is 0 Å². The van der Waals surface area contributed by atoms with E-state index in [1.54, 1.807) is 19.2 Å². The highest BCUT2D eigenvalue weighted by Gasteiger charge is 2.16. The van der Waals surface area contributed by atoms with Gasteiger partial charge in [-0.2, -0.15) is 5.10 Å². The van der Waals surface area contributed by atoms with Crippen molar-refractivity contribution in [3.05, 3.63) is 72.1 Å². The van der Waals surface area contributed by atoms with E-state index in [1.165, 1.54) is 12.1 Å². The predicted molar refractivity (Wildman–Crippen MR) is 104 cm³/mol. The summed E-state index contributed by atoms with van der Waals surface area (Å²) in [5.41, 5.74) is 4.51. The lowest BCUT2D eigenvalue weighted by atomic mass is 10.1. The van der Waals surface area contributed by atoms with Crippen LogP contribution < -0.4 is 10.1 Å². The summed E-state index contributed by atoms with van der Waals surface area (Å²) in [5, 5.41) is 8.11. The number of nitrogens with one attached hydrogen (secondary N) is 1. The van der Waals surface area contributed by atoms with Crippen molar-refractivity contribution in [1.29, 1.82) is 0 Å². The van der Waals surface area contributed by atoms with Gasteiger partial charge in [-0.05, 0) is 49.7 Å². The molecule has 4 nitrogen and oxygen atoms in total. The van der Waals surface area contributed by atoms with Gasteiger partial charge < -0.3 is 10.1 Å². The molecule has 0 atom stereocenters. The molecule has 0 bridgehead atoms. The van der Waals surface area contributed by atoms with Crippen LogP contribution in [0.3, 0.4) is 0 Å². The Kier molecular flexibility index (Phi) is 5.07. The number of halogens is 1. The van der Waals surface area contributed by atoms with E-state index >= 15 is 0 Å². The number of benzene rings is 2. The zero-order valence-corrected chi connectivity index (χ0v) is 15.2. The molecule has 0 saturated carbocycles. The molecule has 0 aliphatic rings. The van der Waals surface area contributed by atoms with E-state index in [-0.39, 0.29) is 5.82 Å². The molecule has 1 N–H and O–H groups in total. The second-order valence-corrected chi connectivity index (χ2v) is 6.27. The van der Waals surface area contributed by atoms with Gasteiger partial charge in [0.25, 0.3) is 0 Å². The summed E-state index contributed by atoms with van der Waals surface area (Å²) in [7, 11) is 1.64. The smallest absolute Gasteiger partial charge is 0.144 e. The SMILES string of the molecule is C=C(C)CNc1cc(-c2ccc(F)cc2)nn1-c1c(C)cccc1OC. The summed E-state index contributed by atoms with van der Waals surface area (Å²) in [4.78, 5) is 0. The Balaban J connectivity index is 2.13. The van der Waals surface area contributed by atoms with Crippen LogP contribution in [0.25, 0.3) is 16.9 Å². The van der Waals surface area contributed by atoms with Crippen LogP contribution in [-0.2, 0) is 0 Å². The van der Waals surface area contributed by atoms with Crippen molar-refractivity contribution in [2.45, 2.75) is 13.8 Å². The van der Waals surface area contributed by atoms with Crippen LogP contribution in [-0.4, -0.2) is 23.4 Å². The number of anilines is 1. The molecule has 0 spiro atoms. The fourth-order valence-electron chi connectivity index (χ4n) is 2.75. The molecular weight excluding hydrogens is 329 g/mol. The molecule has 0 aliphatic heterocycles. The van der Waals surface area contributed by atoms with Crippen molar-refractivity contribution < 1.29 is 9.13 Å². The predicted octanol–water partition coefficient (Wildman–Crippen LogP) is 4.98. The number of hydrogen-bond donors (Lipinski definition) is 1. The Hall–Kier alpha value is -3.08. The quantitative estimate of drug-likeness (QED) is 0.636. The normalized spacial score (nSPS) is 10.6. The van der Waals surface area contributed by atoms with E-state index in [2.05, 4.69) is 11.9 Å². The third-order valence-electron chi connectivity index (χ3n) is 4.05. The van der Waals surface area contributed by atoms with E-state index in [4.69, 9.17) is 9.84 Å². The van der Waals surface area contributed by atoms with Crippen molar-refractivity contribution in [3.8, 4) is 22.7 Å². The van der Waals surface area contributed by atoms with Crippen LogP contribution in [0.4, 0.5) is 10.2 Å². The van der Waals surface area contributed by atoms with Gasteiger partial charge in [0, 0.05) is 18.2 Å². The summed E-state index contributed by atoms with van der Waals surface area (Å²) in [6.45, 7) is 8.54. The Labute approximate surface area is 152 Å². The first-order valence-corrected chi connectivity index (χ1v) is 8.38. The van der Waals surface area contributed by atoms with E-state index in [9.17, 15) is 4.39 Å². The molecule has 5 heteroatoms. The summed E-state index contributed by atoms with van der Waals surface area (Å²) in [5.74, 6) is 1.28. The lowest BCUT2D eigenvalue weighted by molar-refractivity contribution is 0.411. The number of para-hydroxylation sites is 1. The largest absolute Gasteiger partial charge is 0.494 e. The first kappa shape index (κ1) is 17.7. The third-order valence-corrected chi connectivity index (χ3v) is 4.05. The summed E-state index contributed by atoms with van der Waals surface area (Å²) in [6.07, 6.45) is 0. The molecule has 0 radical (unpaired) electrons. The third kappa shape index (κ3) is 3.61. The maximum absolute atomic E-state index is 13.2. The fourth-order valence-corrected chi connectivity index (χ4v) is 2.75. The lowest BCUT2D eigenvalue weighted by Crippen LogP contribution is -2.10. The molecule has 0 aliphatic carbocycles. The Bertz CT molecular complexity index is 929. The first-order valence-electron chi connectivity index (χ1n) is 8.38. The summed E-state index contributed by atoms with van der Waals surface area (Å²) in [6, 6.07) is 14.1. The van der Waals surface area contributed by atoms with Gasteiger partial charge in [-0.1, -0.05) is 24.3 Å². The molecule has 2 aromatic carbocycles. The zero-order valence-electron chi connectivity index (χ0n) is 15.2. The van der Waals surface area contributed by atoms with Crippen LogP contribution in [0.5, 0.6) is 5.75 Å². The molecule has 26 heavy (non-hydrogen) atoms. The lowest BCUT2D eigenvalue weighted by Gasteiger charge is -2.15. The number of rotatable bonds is 6. The van der Waals surface area contributed by atoms with Crippen molar-refractivity contribution >= 4 is 5.82 Å². The van der Waals surface area contributed by atoms with Gasteiger partial charge in [0.15, 0.2) is 0 Å². The van der Waals surface area contributed by atoms with Gasteiger partial charge in [0.1, 0.15) is 23.1 Å². The highest BCUT2D eigenvalue weighted by molar-refractivity contribution is 5.66. The van der Waals surface area contributed by atoms with Crippen LogP contribution in [0.2, 0.25) is 0 Å². The molecule has 1 aromatic heterocycles. The van der Waals surface area contributed by atoms with E-state index in [0.29, 0.717) is 6.54 Å². The molecule has 0 fully saturated rings. The minimum Gasteiger partial charge on any atom is -0.494 e.